The average molecular weight is 488 g/mol. The van der Waals surface area contributed by atoms with Crippen molar-refractivity contribution in [3.63, 3.8) is 0 Å². The number of rotatable bonds is 8. The number of ether oxygens (including phenoxy) is 1. The number of aromatic nitrogens is 1. The molecule has 0 bridgehead atoms. The molecule has 0 radical (unpaired) electrons. The van der Waals surface area contributed by atoms with Crippen LogP contribution >= 0.6 is 22.9 Å². The van der Waals surface area contributed by atoms with Crippen LogP contribution in [0.1, 0.15) is 31.4 Å². The van der Waals surface area contributed by atoms with Crippen molar-refractivity contribution in [2.45, 2.75) is 39.8 Å². The van der Waals surface area contributed by atoms with Crippen molar-refractivity contribution >= 4 is 44.3 Å². The van der Waals surface area contributed by atoms with Crippen molar-refractivity contribution in [2.75, 3.05) is 31.1 Å². The zero-order valence-corrected chi connectivity index (χ0v) is 20.8. The van der Waals surface area contributed by atoms with Gasteiger partial charge in [0, 0.05) is 37.2 Å². The summed E-state index contributed by atoms with van der Waals surface area (Å²) in [7, 11) is 0. The molecule has 1 aromatic heterocycles. The molecule has 33 heavy (non-hydrogen) atoms. The van der Waals surface area contributed by atoms with E-state index in [-0.39, 0.29) is 6.61 Å². The Morgan fingerprint density at radius 3 is 2.85 bits per heavy atom. The topological polar surface area (TPSA) is 65.9 Å². The molecular weight excluding hydrogens is 458 g/mol. The van der Waals surface area contributed by atoms with E-state index < -0.39 is 5.97 Å². The molecule has 1 aliphatic heterocycles. The SMILES string of the molecule is Cc1cc(CN2CCN(c3nc4ccc(Cl)cc4s3)C[C@H]2CC(C)C)cc(OCC(=O)O)c1. The standard InChI is InChI=1S/C25H30ClN3O3S/c1-16(2)8-20-14-29(25-27-22-5-4-19(26)12-23(22)33-25)7-6-28(20)13-18-9-17(3)10-21(11-18)32-15-24(30)31/h4-5,9-12,16,20H,6-8,13-15H2,1-3H3,(H,30,31)/t20-/m1/s1. The van der Waals surface area contributed by atoms with Crippen LogP contribution in [-0.4, -0.2) is 53.2 Å². The minimum Gasteiger partial charge on any atom is -0.482 e. The second-order valence-corrected chi connectivity index (χ2v) is 10.6. The van der Waals surface area contributed by atoms with Crippen LogP contribution in [0.3, 0.4) is 0 Å². The lowest BCUT2D eigenvalue weighted by Crippen LogP contribution is -2.53. The Balaban J connectivity index is 1.50. The van der Waals surface area contributed by atoms with Crippen LogP contribution in [0, 0.1) is 12.8 Å². The monoisotopic (exact) mass is 487 g/mol. The van der Waals surface area contributed by atoms with E-state index >= 15 is 0 Å². The minimum absolute atomic E-state index is 0.328. The van der Waals surface area contributed by atoms with Crippen molar-refractivity contribution in [1.29, 1.82) is 0 Å². The number of aryl methyl sites for hydroxylation is 1. The van der Waals surface area contributed by atoms with Gasteiger partial charge in [0.1, 0.15) is 5.75 Å². The first kappa shape index (κ1) is 23.8. The summed E-state index contributed by atoms with van der Waals surface area (Å²) in [5, 5.41) is 10.7. The van der Waals surface area contributed by atoms with E-state index in [1.165, 1.54) is 0 Å². The van der Waals surface area contributed by atoms with Gasteiger partial charge in [0.15, 0.2) is 11.7 Å². The van der Waals surface area contributed by atoms with E-state index in [0.717, 1.165) is 64.1 Å². The predicted octanol–water partition coefficient (Wildman–Crippen LogP) is 5.46. The normalized spacial score (nSPS) is 17.1. The lowest BCUT2D eigenvalue weighted by atomic mass is 9.99. The van der Waals surface area contributed by atoms with Crippen LogP contribution in [0.2, 0.25) is 5.02 Å². The molecule has 6 nitrogen and oxygen atoms in total. The Labute approximate surface area is 203 Å². The fourth-order valence-electron chi connectivity index (χ4n) is 4.44. The van der Waals surface area contributed by atoms with Gasteiger partial charge in [-0.1, -0.05) is 42.9 Å². The van der Waals surface area contributed by atoms with Gasteiger partial charge in [-0.3, -0.25) is 4.90 Å². The molecule has 8 heteroatoms. The smallest absolute Gasteiger partial charge is 0.341 e. The molecule has 0 aliphatic carbocycles. The largest absolute Gasteiger partial charge is 0.482 e. The number of aliphatic carboxylic acids is 1. The molecule has 0 amide bonds. The molecule has 1 fully saturated rings. The van der Waals surface area contributed by atoms with Gasteiger partial charge in [-0.05, 0) is 60.7 Å². The van der Waals surface area contributed by atoms with E-state index in [1.807, 2.05) is 37.3 Å². The zero-order valence-electron chi connectivity index (χ0n) is 19.3. The van der Waals surface area contributed by atoms with Gasteiger partial charge < -0.3 is 14.7 Å². The molecule has 0 saturated carbocycles. The Kier molecular flexibility index (Phi) is 7.41. The first-order valence-corrected chi connectivity index (χ1v) is 12.5. The average Bonchev–Trinajstić information content (AvgIpc) is 3.16. The minimum atomic E-state index is -0.969. The maximum atomic E-state index is 10.9. The summed E-state index contributed by atoms with van der Waals surface area (Å²) in [4.78, 5) is 20.7. The van der Waals surface area contributed by atoms with Crippen molar-refractivity contribution < 1.29 is 14.6 Å². The lowest BCUT2D eigenvalue weighted by molar-refractivity contribution is -0.139. The number of carboxylic acids is 1. The Morgan fingerprint density at radius 2 is 2.09 bits per heavy atom. The lowest BCUT2D eigenvalue weighted by Gasteiger charge is -2.42. The summed E-state index contributed by atoms with van der Waals surface area (Å²) < 4.78 is 6.56. The van der Waals surface area contributed by atoms with E-state index in [2.05, 4.69) is 29.7 Å². The third-order valence-electron chi connectivity index (χ3n) is 5.82. The molecule has 2 heterocycles. The van der Waals surface area contributed by atoms with E-state index in [9.17, 15) is 4.79 Å². The summed E-state index contributed by atoms with van der Waals surface area (Å²) >= 11 is 7.87. The van der Waals surface area contributed by atoms with Crippen molar-refractivity contribution in [3.8, 4) is 5.75 Å². The fraction of sp³-hybridized carbons (Fsp3) is 0.440. The van der Waals surface area contributed by atoms with Crippen molar-refractivity contribution in [3.05, 3.63) is 52.5 Å². The van der Waals surface area contributed by atoms with E-state index in [0.29, 0.717) is 17.7 Å². The number of halogens is 1. The Morgan fingerprint density at radius 1 is 1.27 bits per heavy atom. The van der Waals surface area contributed by atoms with Gasteiger partial charge in [-0.15, -0.1) is 0 Å². The van der Waals surface area contributed by atoms with Crippen LogP contribution in [0.4, 0.5) is 5.13 Å². The third kappa shape index (κ3) is 6.16. The summed E-state index contributed by atoms with van der Waals surface area (Å²) in [5.74, 6) is 0.224. The van der Waals surface area contributed by atoms with Gasteiger partial charge >= 0.3 is 5.97 Å². The Bertz CT molecular complexity index is 1130. The summed E-state index contributed by atoms with van der Waals surface area (Å²) in [6.45, 7) is 9.81. The molecule has 3 aromatic rings. The quantitative estimate of drug-likeness (QED) is 0.455. The second-order valence-electron chi connectivity index (χ2n) is 9.15. The van der Waals surface area contributed by atoms with Gasteiger partial charge in [0.05, 0.1) is 10.2 Å². The highest BCUT2D eigenvalue weighted by Gasteiger charge is 2.29. The van der Waals surface area contributed by atoms with E-state index in [4.69, 9.17) is 26.4 Å². The number of carbonyl (C=O) groups is 1. The summed E-state index contributed by atoms with van der Waals surface area (Å²) in [6, 6.07) is 12.3. The number of carboxylic acid groups (broad SMARTS) is 1. The zero-order chi connectivity index (χ0) is 23.5. The Hall–Kier alpha value is -2.35. The number of thiazole rings is 1. The van der Waals surface area contributed by atoms with Crippen LogP contribution in [-0.2, 0) is 11.3 Å². The van der Waals surface area contributed by atoms with Gasteiger partial charge in [-0.2, -0.15) is 0 Å². The molecule has 1 N–H and O–H groups in total. The highest BCUT2D eigenvalue weighted by molar-refractivity contribution is 7.22. The first-order chi connectivity index (χ1) is 15.8. The van der Waals surface area contributed by atoms with Crippen LogP contribution in [0.15, 0.2) is 36.4 Å². The molecular formula is C25H30ClN3O3S. The second kappa shape index (κ2) is 10.3. The van der Waals surface area contributed by atoms with Gasteiger partial charge in [0.25, 0.3) is 0 Å². The predicted molar refractivity (Wildman–Crippen MR) is 135 cm³/mol. The van der Waals surface area contributed by atoms with Gasteiger partial charge in [-0.25, -0.2) is 9.78 Å². The molecule has 176 valence electrons. The van der Waals surface area contributed by atoms with Gasteiger partial charge in [0.2, 0.25) is 0 Å². The fourth-order valence-corrected chi connectivity index (χ4v) is 5.72. The number of nitrogens with zero attached hydrogens (tertiary/aromatic N) is 3. The third-order valence-corrected chi connectivity index (χ3v) is 7.13. The number of benzene rings is 2. The van der Waals surface area contributed by atoms with Crippen LogP contribution in [0.5, 0.6) is 5.75 Å². The number of hydrogen-bond donors (Lipinski definition) is 1. The number of hydrogen-bond acceptors (Lipinski definition) is 6. The number of anilines is 1. The maximum absolute atomic E-state index is 10.9. The molecule has 1 atom stereocenters. The summed E-state index contributed by atoms with van der Waals surface area (Å²) in [6.07, 6.45) is 1.10. The van der Waals surface area contributed by atoms with Crippen LogP contribution in [0.25, 0.3) is 10.2 Å². The van der Waals surface area contributed by atoms with Crippen molar-refractivity contribution in [1.82, 2.24) is 9.88 Å². The molecule has 1 saturated heterocycles. The van der Waals surface area contributed by atoms with Crippen LogP contribution < -0.4 is 9.64 Å². The molecule has 1 aliphatic rings. The molecule has 0 spiro atoms. The first-order valence-electron chi connectivity index (χ1n) is 11.3. The number of piperazine rings is 1. The number of fused-ring (bicyclic) bond motifs is 1. The molecule has 2 aromatic carbocycles. The highest BCUT2D eigenvalue weighted by Crippen LogP contribution is 2.33. The van der Waals surface area contributed by atoms with Crippen molar-refractivity contribution in [2.24, 2.45) is 5.92 Å². The van der Waals surface area contributed by atoms with E-state index in [1.54, 1.807) is 11.3 Å². The maximum Gasteiger partial charge on any atom is 0.341 e. The molecule has 0 unspecified atom stereocenters. The molecule has 4 rings (SSSR count). The summed E-state index contributed by atoms with van der Waals surface area (Å²) in [5.41, 5.74) is 3.21. The highest BCUT2D eigenvalue weighted by atomic mass is 35.5.